The van der Waals surface area contributed by atoms with E-state index in [1.807, 2.05) is 6.07 Å². The summed E-state index contributed by atoms with van der Waals surface area (Å²) >= 11 is 0. The van der Waals surface area contributed by atoms with Crippen LogP contribution in [0, 0.1) is 0 Å². The van der Waals surface area contributed by atoms with E-state index in [-0.39, 0.29) is 11.9 Å². The summed E-state index contributed by atoms with van der Waals surface area (Å²) in [4.78, 5) is 0.393. The van der Waals surface area contributed by atoms with Gasteiger partial charge in [-0.15, -0.1) is 0 Å². The van der Waals surface area contributed by atoms with Gasteiger partial charge in [0.1, 0.15) is 0 Å². The Kier molecular flexibility index (Phi) is 3.61. The van der Waals surface area contributed by atoms with E-state index in [0.717, 1.165) is 19.3 Å². The Morgan fingerprint density at radius 1 is 1.19 bits per heavy atom. The number of hydrogen-bond acceptors (Lipinski definition) is 3. The van der Waals surface area contributed by atoms with Gasteiger partial charge in [-0.2, -0.15) is 0 Å². The minimum atomic E-state index is -3.18. The van der Waals surface area contributed by atoms with Gasteiger partial charge >= 0.3 is 0 Å². The third-order valence-corrected chi connectivity index (χ3v) is 4.58. The fourth-order valence-electron chi connectivity index (χ4n) is 1.91. The van der Waals surface area contributed by atoms with Crippen LogP contribution in [0.2, 0.25) is 0 Å². The number of sulfone groups is 1. The average molecular weight is 240 g/mol. The average Bonchev–Trinajstić information content (AvgIpc) is 2.31. The first kappa shape index (κ1) is 11.6. The topological polar surface area (TPSA) is 43.4 Å². The van der Waals surface area contributed by atoms with Gasteiger partial charge in [0.15, 0.2) is 9.84 Å². The van der Waals surface area contributed by atoms with E-state index < -0.39 is 9.84 Å². The lowest BCUT2D eigenvalue weighted by molar-refractivity contribution is 0.0305. The van der Waals surface area contributed by atoms with Crippen molar-refractivity contribution in [3.05, 3.63) is 30.3 Å². The molecule has 1 aliphatic rings. The monoisotopic (exact) mass is 240 g/mol. The Morgan fingerprint density at radius 2 is 1.94 bits per heavy atom. The molecule has 1 heterocycles. The molecule has 88 valence electrons. The van der Waals surface area contributed by atoms with E-state index in [4.69, 9.17) is 4.74 Å². The fourth-order valence-corrected chi connectivity index (χ4v) is 3.42. The number of rotatable bonds is 3. The van der Waals surface area contributed by atoms with Crippen molar-refractivity contribution in [3.63, 3.8) is 0 Å². The first-order chi connectivity index (χ1) is 7.68. The lowest BCUT2D eigenvalue weighted by Crippen LogP contribution is -2.27. The molecule has 0 aliphatic carbocycles. The van der Waals surface area contributed by atoms with E-state index in [9.17, 15) is 8.42 Å². The second-order valence-corrected chi connectivity index (χ2v) is 6.12. The second-order valence-electron chi connectivity index (χ2n) is 4.08. The van der Waals surface area contributed by atoms with Crippen LogP contribution in [0.1, 0.15) is 19.3 Å². The Balaban J connectivity index is 2.08. The zero-order valence-corrected chi connectivity index (χ0v) is 9.95. The molecule has 0 amide bonds. The summed E-state index contributed by atoms with van der Waals surface area (Å²) in [6.07, 6.45) is 2.84. The smallest absolute Gasteiger partial charge is 0.180 e. The van der Waals surface area contributed by atoms with Gasteiger partial charge in [0.2, 0.25) is 0 Å². The fraction of sp³-hybridized carbons (Fsp3) is 0.500. The van der Waals surface area contributed by atoms with Crippen molar-refractivity contribution in [3.8, 4) is 0 Å². The molecular weight excluding hydrogens is 224 g/mol. The maximum absolute atomic E-state index is 12.0. The van der Waals surface area contributed by atoms with Crippen molar-refractivity contribution in [1.82, 2.24) is 0 Å². The lowest BCUT2D eigenvalue weighted by Gasteiger charge is -2.22. The third-order valence-electron chi connectivity index (χ3n) is 2.78. The van der Waals surface area contributed by atoms with E-state index >= 15 is 0 Å². The molecule has 2 rings (SSSR count). The van der Waals surface area contributed by atoms with E-state index in [0.29, 0.717) is 11.5 Å². The molecule has 1 aliphatic heterocycles. The summed E-state index contributed by atoms with van der Waals surface area (Å²) in [6, 6.07) is 8.58. The molecule has 0 aromatic heterocycles. The molecule has 4 heteroatoms. The maximum atomic E-state index is 12.0. The molecule has 1 unspecified atom stereocenters. The lowest BCUT2D eigenvalue weighted by atomic mass is 10.1. The molecule has 3 nitrogen and oxygen atoms in total. The van der Waals surface area contributed by atoms with Gasteiger partial charge in [-0.25, -0.2) is 8.42 Å². The molecule has 0 bridgehead atoms. The van der Waals surface area contributed by atoms with Gasteiger partial charge in [0.05, 0.1) is 16.8 Å². The summed E-state index contributed by atoms with van der Waals surface area (Å²) < 4.78 is 29.5. The molecule has 1 saturated heterocycles. The first-order valence-corrected chi connectivity index (χ1v) is 7.23. The van der Waals surface area contributed by atoms with E-state index in [1.54, 1.807) is 24.3 Å². The molecule has 16 heavy (non-hydrogen) atoms. The molecule has 1 atom stereocenters. The largest absolute Gasteiger partial charge is 0.377 e. The molecule has 0 radical (unpaired) electrons. The van der Waals surface area contributed by atoms with Crippen LogP contribution < -0.4 is 0 Å². The Labute approximate surface area is 96.4 Å². The van der Waals surface area contributed by atoms with Crippen molar-refractivity contribution in [1.29, 1.82) is 0 Å². The van der Waals surface area contributed by atoms with Gasteiger partial charge in [0.25, 0.3) is 0 Å². The predicted octanol–water partition coefficient (Wildman–Crippen LogP) is 2.03. The summed E-state index contributed by atoms with van der Waals surface area (Å²) in [7, 11) is -3.18. The van der Waals surface area contributed by atoms with Crippen LogP contribution in [0.15, 0.2) is 35.2 Å². The van der Waals surface area contributed by atoms with Crippen LogP contribution in [0.3, 0.4) is 0 Å². The maximum Gasteiger partial charge on any atom is 0.180 e. The molecule has 1 aromatic carbocycles. The SMILES string of the molecule is O=S(=O)(CC1CCCCO1)c1ccccc1. The predicted molar refractivity (Wildman–Crippen MR) is 62.1 cm³/mol. The Bertz CT molecular complexity index is 419. The van der Waals surface area contributed by atoms with Crippen molar-refractivity contribution >= 4 is 9.84 Å². The molecule has 0 saturated carbocycles. The second kappa shape index (κ2) is 4.97. The van der Waals surface area contributed by atoms with Crippen LogP contribution in [0.5, 0.6) is 0 Å². The standard InChI is InChI=1S/C12H16O3S/c13-16(14,12-7-2-1-3-8-12)10-11-6-4-5-9-15-11/h1-3,7-8,11H,4-6,9-10H2. The molecular formula is C12H16O3S. The molecule has 0 spiro atoms. The summed E-state index contributed by atoms with van der Waals surface area (Å²) in [5.41, 5.74) is 0. The first-order valence-electron chi connectivity index (χ1n) is 5.58. The van der Waals surface area contributed by atoms with Gasteiger partial charge in [0, 0.05) is 6.61 Å². The summed E-state index contributed by atoms with van der Waals surface area (Å²) in [5, 5.41) is 0. The highest BCUT2D eigenvalue weighted by Gasteiger charge is 2.23. The highest BCUT2D eigenvalue weighted by molar-refractivity contribution is 7.91. The van der Waals surface area contributed by atoms with Crippen LogP contribution in [-0.4, -0.2) is 26.9 Å². The van der Waals surface area contributed by atoms with Crippen LogP contribution >= 0.6 is 0 Å². The minimum Gasteiger partial charge on any atom is -0.377 e. The zero-order chi connectivity index (χ0) is 11.4. The Morgan fingerprint density at radius 3 is 2.56 bits per heavy atom. The van der Waals surface area contributed by atoms with Crippen LogP contribution in [-0.2, 0) is 14.6 Å². The number of benzene rings is 1. The summed E-state index contributed by atoms with van der Waals surface area (Å²) in [6.45, 7) is 0.689. The van der Waals surface area contributed by atoms with Crippen molar-refractivity contribution in [2.75, 3.05) is 12.4 Å². The third kappa shape index (κ3) is 2.83. The minimum absolute atomic E-state index is 0.108. The highest BCUT2D eigenvalue weighted by atomic mass is 32.2. The number of ether oxygens (including phenoxy) is 1. The van der Waals surface area contributed by atoms with Crippen LogP contribution in [0.4, 0.5) is 0 Å². The quantitative estimate of drug-likeness (QED) is 0.812. The molecule has 1 fully saturated rings. The van der Waals surface area contributed by atoms with Crippen LogP contribution in [0.25, 0.3) is 0 Å². The van der Waals surface area contributed by atoms with Gasteiger partial charge in [-0.1, -0.05) is 18.2 Å². The van der Waals surface area contributed by atoms with Crippen molar-refractivity contribution in [2.45, 2.75) is 30.3 Å². The summed E-state index contributed by atoms with van der Waals surface area (Å²) in [5.74, 6) is 0.108. The highest BCUT2D eigenvalue weighted by Crippen LogP contribution is 2.18. The normalized spacial score (nSPS) is 21.9. The van der Waals surface area contributed by atoms with Gasteiger partial charge in [-0.3, -0.25) is 0 Å². The van der Waals surface area contributed by atoms with Gasteiger partial charge in [-0.05, 0) is 31.4 Å². The molecule has 0 N–H and O–H groups in total. The van der Waals surface area contributed by atoms with Crippen molar-refractivity contribution in [2.24, 2.45) is 0 Å². The van der Waals surface area contributed by atoms with Crippen molar-refractivity contribution < 1.29 is 13.2 Å². The van der Waals surface area contributed by atoms with E-state index in [2.05, 4.69) is 0 Å². The van der Waals surface area contributed by atoms with E-state index in [1.165, 1.54) is 0 Å². The number of hydrogen-bond donors (Lipinski definition) is 0. The van der Waals surface area contributed by atoms with Gasteiger partial charge < -0.3 is 4.74 Å². The molecule has 1 aromatic rings. The zero-order valence-electron chi connectivity index (χ0n) is 9.13. The Hall–Kier alpha value is -0.870.